The normalized spacial score (nSPS) is 18.3. The molecular formula is C13H20N4O. The Hall–Kier alpha value is -1.49. The molecule has 1 aliphatic rings. The Morgan fingerprint density at radius 1 is 1.28 bits per heavy atom. The minimum atomic E-state index is -0.117. The van der Waals surface area contributed by atoms with Crippen LogP contribution in [-0.2, 0) is 0 Å². The third kappa shape index (κ3) is 3.04. The standard InChI is InChI=1S/C13H20N4O/c14-8-13(4-2-1-3-5-13)9-17-12(18)11-6-15-10-16-7-11/h6-7,10H,1-5,8-9,14H2,(H,17,18). The average molecular weight is 248 g/mol. The zero-order chi connectivity index (χ0) is 12.8. The molecule has 1 amide bonds. The zero-order valence-corrected chi connectivity index (χ0v) is 10.6. The quantitative estimate of drug-likeness (QED) is 0.836. The van der Waals surface area contributed by atoms with E-state index < -0.39 is 0 Å². The second-order valence-electron chi connectivity index (χ2n) is 5.07. The molecule has 0 bridgehead atoms. The van der Waals surface area contributed by atoms with Crippen molar-refractivity contribution in [3.63, 3.8) is 0 Å². The third-order valence-electron chi connectivity index (χ3n) is 3.79. The smallest absolute Gasteiger partial charge is 0.254 e. The Morgan fingerprint density at radius 2 is 1.94 bits per heavy atom. The summed E-state index contributed by atoms with van der Waals surface area (Å²) in [5.74, 6) is -0.117. The first-order valence-electron chi connectivity index (χ1n) is 6.49. The van der Waals surface area contributed by atoms with Gasteiger partial charge in [-0.25, -0.2) is 9.97 Å². The molecule has 0 unspecified atom stereocenters. The summed E-state index contributed by atoms with van der Waals surface area (Å²) in [7, 11) is 0. The summed E-state index contributed by atoms with van der Waals surface area (Å²) in [6.07, 6.45) is 10.4. The molecule has 3 N–H and O–H groups in total. The molecular weight excluding hydrogens is 228 g/mol. The maximum Gasteiger partial charge on any atom is 0.254 e. The number of hydrogen-bond acceptors (Lipinski definition) is 4. The highest BCUT2D eigenvalue weighted by atomic mass is 16.1. The molecule has 0 spiro atoms. The van der Waals surface area contributed by atoms with Gasteiger partial charge in [-0.05, 0) is 24.8 Å². The number of hydrogen-bond donors (Lipinski definition) is 2. The van der Waals surface area contributed by atoms with Crippen LogP contribution in [0, 0.1) is 5.41 Å². The van der Waals surface area contributed by atoms with E-state index in [1.807, 2.05) is 0 Å². The lowest BCUT2D eigenvalue weighted by Gasteiger charge is -2.36. The summed E-state index contributed by atoms with van der Waals surface area (Å²) in [5.41, 5.74) is 6.47. The Kier molecular flexibility index (Phi) is 4.25. The van der Waals surface area contributed by atoms with E-state index in [2.05, 4.69) is 15.3 Å². The third-order valence-corrected chi connectivity index (χ3v) is 3.79. The average Bonchev–Trinajstić information content (AvgIpc) is 2.47. The molecule has 1 saturated carbocycles. The van der Waals surface area contributed by atoms with Gasteiger partial charge in [0.15, 0.2) is 0 Å². The van der Waals surface area contributed by atoms with E-state index in [0.717, 1.165) is 12.8 Å². The maximum absolute atomic E-state index is 11.9. The summed E-state index contributed by atoms with van der Waals surface area (Å²) < 4.78 is 0. The minimum absolute atomic E-state index is 0.0869. The fourth-order valence-electron chi connectivity index (χ4n) is 2.54. The molecule has 0 aliphatic heterocycles. The van der Waals surface area contributed by atoms with Crippen LogP contribution in [-0.4, -0.2) is 29.0 Å². The predicted molar refractivity (Wildman–Crippen MR) is 68.9 cm³/mol. The van der Waals surface area contributed by atoms with Gasteiger partial charge in [-0.15, -0.1) is 0 Å². The van der Waals surface area contributed by atoms with Gasteiger partial charge in [-0.2, -0.15) is 0 Å². The summed E-state index contributed by atoms with van der Waals surface area (Å²) >= 11 is 0. The highest BCUT2D eigenvalue weighted by Gasteiger charge is 2.30. The van der Waals surface area contributed by atoms with E-state index in [-0.39, 0.29) is 11.3 Å². The van der Waals surface area contributed by atoms with Crippen molar-refractivity contribution in [2.45, 2.75) is 32.1 Å². The molecule has 1 heterocycles. The largest absolute Gasteiger partial charge is 0.351 e. The number of carbonyl (C=O) groups excluding carboxylic acids is 1. The van der Waals surface area contributed by atoms with Crippen molar-refractivity contribution in [3.05, 3.63) is 24.3 Å². The van der Waals surface area contributed by atoms with Gasteiger partial charge in [0.25, 0.3) is 5.91 Å². The van der Waals surface area contributed by atoms with Crippen LogP contribution in [0.2, 0.25) is 0 Å². The van der Waals surface area contributed by atoms with E-state index >= 15 is 0 Å². The highest BCUT2D eigenvalue weighted by molar-refractivity contribution is 5.93. The van der Waals surface area contributed by atoms with Crippen molar-refractivity contribution in [2.24, 2.45) is 11.1 Å². The monoisotopic (exact) mass is 248 g/mol. The first kappa shape index (κ1) is 13.0. The number of carbonyl (C=O) groups is 1. The van der Waals surface area contributed by atoms with E-state index in [0.29, 0.717) is 18.7 Å². The van der Waals surface area contributed by atoms with Crippen LogP contribution in [0.4, 0.5) is 0 Å². The number of nitrogens with zero attached hydrogens (tertiary/aromatic N) is 2. The molecule has 1 aromatic heterocycles. The van der Waals surface area contributed by atoms with Crippen LogP contribution in [0.15, 0.2) is 18.7 Å². The minimum Gasteiger partial charge on any atom is -0.351 e. The van der Waals surface area contributed by atoms with E-state index in [4.69, 9.17) is 5.73 Å². The van der Waals surface area contributed by atoms with Gasteiger partial charge < -0.3 is 11.1 Å². The van der Waals surface area contributed by atoms with Crippen molar-refractivity contribution in [3.8, 4) is 0 Å². The molecule has 2 rings (SSSR count). The van der Waals surface area contributed by atoms with Crippen molar-refractivity contribution in [1.29, 1.82) is 0 Å². The fourth-order valence-corrected chi connectivity index (χ4v) is 2.54. The molecule has 0 radical (unpaired) electrons. The van der Waals surface area contributed by atoms with Crippen LogP contribution in [0.1, 0.15) is 42.5 Å². The van der Waals surface area contributed by atoms with Gasteiger partial charge in [-0.1, -0.05) is 19.3 Å². The summed E-state index contributed by atoms with van der Waals surface area (Å²) in [6, 6.07) is 0. The van der Waals surface area contributed by atoms with Crippen LogP contribution in [0.25, 0.3) is 0 Å². The van der Waals surface area contributed by atoms with E-state index in [1.165, 1.54) is 38.0 Å². The highest BCUT2D eigenvalue weighted by Crippen LogP contribution is 2.34. The van der Waals surface area contributed by atoms with Gasteiger partial charge in [-0.3, -0.25) is 4.79 Å². The molecule has 5 nitrogen and oxygen atoms in total. The van der Waals surface area contributed by atoms with Gasteiger partial charge >= 0.3 is 0 Å². The molecule has 0 atom stereocenters. The maximum atomic E-state index is 11.9. The molecule has 1 aromatic rings. The van der Waals surface area contributed by atoms with Crippen LogP contribution >= 0.6 is 0 Å². The molecule has 5 heteroatoms. The molecule has 0 aromatic carbocycles. The Balaban J connectivity index is 1.92. The summed E-state index contributed by atoms with van der Waals surface area (Å²) in [6.45, 7) is 1.29. The number of nitrogens with two attached hydrogens (primary N) is 1. The molecule has 1 aliphatic carbocycles. The first-order chi connectivity index (χ1) is 8.76. The van der Waals surface area contributed by atoms with Gasteiger partial charge in [0.1, 0.15) is 6.33 Å². The van der Waals surface area contributed by atoms with Crippen molar-refractivity contribution < 1.29 is 4.79 Å². The molecule has 98 valence electrons. The second-order valence-corrected chi connectivity index (χ2v) is 5.07. The van der Waals surface area contributed by atoms with Crippen molar-refractivity contribution in [2.75, 3.05) is 13.1 Å². The number of rotatable bonds is 4. The van der Waals surface area contributed by atoms with E-state index in [1.54, 1.807) is 0 Å². The van der Waals surface area contributed by atoms with Crippen molar-refractivity contribution in [1.82, 2.24) is 15.3 Å². The number of amides is 1. The molecule has 1 fully saturated rings. The SMILES string of the molecule is NCC1(CNC(=O)c2cncnc2)CCCCC1. The van der Waals surface area contributed by atoms with E-state index in [9.17, 15) is 4.79 Å². The fraction of sp³-hybridized carbons (Fsp3) is 0.615. The number of nitrogens with one attached hydrogen (secondary N) is 1. The molecule has 18 heavy (non-hydrogen) atoms. The lowest BCUT2D eigenvalue weighted by atomic mass is 9.74. The Bertz CT molecular complexity index is 387. The van der Waals surface area contributed by atoms with Crippen LogP contribution in [0.5, 0.6) is 0 Å². The van der Waals surface area contributed by atoms with Gasteiger partial charge in [0.2, 0.25) is 0 Å². The van der Waals surface area contributed by atoms with Crippen LogP contribution < -0.4 is 11.1 Å². The summed E-state index contributed by atoms with van der Waals surface area (Å²) in [4.78, 5) is 19.6. The van der Waals surface area contributed by atoms with Gasteiger partial charge in [0, 0.05) is 18.9 Å². The predicted octanol–water partition coefficient (Wildman–Crippen LogP) is 1.12. The Morgan fingerprint density at radius 3 is 2.56 bits per heavy atom. The van der Waals surface area contributed by atoms with Gasteiger partial charge in [0.05, 0.1) is 5.56 Å². The lowest BCUT2D eigenvalue weighted by Crippen LogP contribution is -2.43. The topological polar surface area (TPSA) is 80.9 Å². The zero-order valence-electron chi connectivity index (χ0n) is 10.6. The van der Waals surface area contributed by atoms with Crippen molar-refractivity contribution >= 4 is 5.91 Å². The summed E-state index contributed by atoms with van der Waals surface area (Å²) in [5, 5.41) is 2.96. The Labute approximate surface area is 107 Å². The number of aromatic nitrogens is 2. The van der Waals surface area contributed by atoms with Crippen LogP contribution in [0.3, 0.4) is 0 Å². The first-order valence-corrected chi connectivity index (χ1v) is 6.49. The molecule has 0 saturated heterocycles. The lowest BCUT2D eigenvalue weighted by molar-refractivity contribution is 0.0913. The second kappa shape index (κ2) is 5.91.